The van der Waals surface area contributed by atoms with Crippen LogP contribution in [0.25, 0.3) is 0 Å². The molecule has 0 bridgehead atoms. The van der Waals surface area contributed by atoms with Gasteiger partial charge in [-0.15, -0.1) is 23.5 Å². The number of hydrogen-bond donors (Lipinski definition) is 0. The summed E-state index contributed by atoms with van der Waals surface area (Å²) >= 11 is 3.75. The molecule has 0 heterocycles. The van der Waals surface area contributed by atoms with E-state index >= 15 is 0 Å². The molecule has 2 unspecified atom stereocenters. The second kappa shape index (κ2) is 20.9. The van der Waals surface area contributed by atoms with Crippen LogP contribution in [-0.2, 0) is 14.5 Å². The van der Waals surface area contributed by atoms with E-state index in [1.165, 1.54) is 88.2 Å². The molecule has 0 aromatic heterocycles. The predicted octanol–water partition coefficient (Wildman–Crippen LogP) is 11.8. The minimum Gasteiger partial charge on any atom is -0.426 e. The highest BCUT2D eigenvalue weighted by Crippen LogP contribution is 2.48. The predicted molar refractivity (Wildman–Crippen MR) is 170 cm³/mol. The van der Waals surface area contributed by atoms with Crippen LogP contribution in [0, 0.1) is 6.92 Å². The van der Waals surface area contributed by atoms with E-state index in [9.17, 15) is 0 Å². The number of rotatable bonds is 22. The second-order valence-corrected chi connectivity index (χ2v) is 15.0. The summed E-state index contributed by atoms with van der Waals surface area (Å²) in [4.78, 5) is 0. The lowest BCUT2D eigenvalue weighted by Gasteiger charge is -2.27. The van der Waals surface area contributed by atoms with E-state index in [-0.39, 0.29) is 16.3 Å². The molecule has 0 saturated carbocycles. The van der Waals surface area contributed by atoms with Gasteiger partial charge in [0.1, 0.15) is 16.6 Å². The number of unbranched alkanes of at least 4 members (excludes halogenated alkanes) is 10. The molecule has 0 fully saturated rings. The van der Waals surface area contributed by atoms with Gasteiger partial charge in [0.2, 0.25) is 0 Å². The Morgan fingerprint density at radius 3 is 1.65 bits per heavy atom. The molecule has 0 saturated heterocycles. The van der Waals surface area contributed by atoms with Crippen LogP contribution < -0.4 is 4.52 Å². The minimum atomic E-state index is -1.50. The molecule has 0 radical (unpaired) electrons. The van der Waals surface area contributed by atoms with Crippen molar-refractivity contribution in [2.24, 2.45) is 0 Å². The van der Waals surface area contributed by atoms with Gasteiger partial charge < -0.3 is 4.52 Å². The number of benzene rings is 1. The zero-order valence-electron chi connectivity index (χ0n) is 25.3. The third-order valence-corrected chi connectivity index (χ3v) is 10.1. The summed E-state index contributed by atoms with van der Waals surface area (Å²) in [5, 5.41) is 0. The lowest BCUT2D eigenvalue weighted by molar-refractivity contribution is 0.194. The Bertz CT molecular complexity index is 670. The number of thioether (sulfide) groups is 2. The zero-order valence-corrected chi connectivity index (χ0v) is 27.8. The van der Waals surface area contributed by atoms with Crippen molar-refractivity contribution in [1.82, 2.24) is 0 Å². The number of aryl methyl sites for hydroxylation is 1. The molecular formula is C31H57O3PS2. The molecule has 3 nitrogen and oxygen atoms in total. The average Bonchev–Trinajstić information content (AvgIpc) is 2.83. The molecule has 6 heteroatoms. The maximum Gasteiger partial charge on any atom is 0.399 e. The van der Waals surface area contributed by atoms with Crippen LogP contribution in [0.1, 0.15) is 137 Å². The van der Waals surface area contributed by atoms with Gasteiger partial charge in [0.25, 0.3) is 0 Å². The van der Waals surface area contributed by atoms with Crippen LogP contribution >= 0.6 is 32.1 Å². The van der Waals surface area contributed by atoms with Gasteiger partial charge in [0.15, 0.2) is 0 Å². The first-order chi connectivity index (χ1) is 17.7. The summed E-state index contributed by atoms with van der Waals surface area (Å²) < 4.78 is 19.3. The fourth-order valence-electron chi connectivity index (χ4n) is 4.02. The lowest BCUT2D eigenvalue weighted by atomic mass is 9.85. The molecule has 0 aliphatic rings. The van der Waals surface area contributed by atoms with E-state index in [1.54, 1.807) is 0 Å². The van der Waals surface area contributed by atoms with Crippen LogP contribution in [0.4, 0.5) is 0 Å². The topological polar surface area (TPSA) is 27.7 Å². The third kappa shape index (κ3) is 17.4. The van der Waals surface area contributed by atoms with Crippen LogP contribution in [0.3, 0.4) is 0 Å². The van der Waals surface area contributed by atoms with Gasteiger partial charge in [0.05, 0.1) is 0 Å². The van der Waals surface area contributed by atoms with Crippen molar-refractivity contribution in [3.05, 3.63) is 29.3 Å². The summed E-state index contributed by atoms with van der Waals surface area (Å²) in [5.41, 5.74) is 2.52. The van der Waals surface area contributed by atoms with Gasteiger partial charge in [-0.3, -0.25) is 9.05 Å². The highest BCUT2D eigenvalue weighted by molar-refractivity contribution is 8.00. The highest BCUT2D eigenvalue weighted by atomic mass is 32.2. The summed E-state index contributed by atoms with van der Waals surface area (Å²) in [6.45, 7) is 17.6. The molecule has 0 spiro atoms. The van der Waals surface area contributed by atoms with Gasteiger partial charge in [-0.05, 0) is 56.6 Å². The monoisotopic (exact) mass is 572 g/mol. The molecule has 37 heavy (non-hydrogen) atoms. The Labute approximate surface area is 240 Å². The summed E-state index contributed by atoms with van der Waals surface area (Å²) in [6, 6.07) is 6.43. The molecule has 1 aromatic carbocycles. The number of hydrogen-bond acceptors (Lipinski definition) is 5. The fourth-order valence-corrected chi connectivity index (χ4v) is 7.28. The third-order valence-electron chi connectivity index (χ3n) is 6.29. The van der Waals surface area contributed by atoms with Gasteiger partial charge in [-0.25, -0.2) is 0 Å². The zero-order chi connectivity index (χ0) is 27.5. The summed E-state index contributed by atoms with van der Waals surface area (Å²) in [7, 11) is -1.50. The maximum atomic E-state index is 6.51. The van der Waals surface area contributed by atoms with Crippen LogP contribution in [0.5, 0.6) is 5.75 Å². The van der Waals surface area contributed by atoms with Crippen LogP contribution in [0.15, 0.2) is 18.2 Å². The van der Waals surface area contributed by atoms with Gasteiger partial charge in [-0.2, -0.15) is 0 Å². The van der Waals surface area contributed by atoms with Crippen molar-refractivity contribution in [1.29, 1.82) is 0 Å². The molecule has 1 aromatic rings. The second-order valence-electron chi connectivity index (χ2n) is 11.2. The Kier molecular flexibility index (Phi) is 19.8. The normalized spacial score (nSPS) is 14.5. The van der Waals surface area contributed by atoms with Crippen molar-refractivity contribution < 1.29 is 13.6 Å². The van der Waals surface area contributed by atoms with Crippen molar-refractivity contribution in [3.63, 3.8) is 0 Å². The van der Waals surface area contributed by atoms with Gasteiger partial charge in [-0.1, -0.05) is 117 Å². The lowest BCUT2D eigenvalue weighted by Crippen LogP contribution is -2.15. The maximum absolute atomic E-state index is 6.51. The first-order valence-corrected chi connectivity index (χ1v) is 18.0. The molecular weight excluding hydrogens is 515 g/mol. The molecule has 0 aliphatic carbocycles. The Morgan fingerprint density at radius 2 is 1.19 bits per heavy atom. The minimum absolute atomic E-state index is 0.0152. The Balaban J connectivity index is 2.68. The summed E-state index contributed by atoms with van der Waals surface area (Å²) in [6.07, 6.45) is 15.9. The Morgan fingerprint density at radius 1 is 0.730 bits per heavy atom. The largest absolute Gasteiger partial charge is 0.426 e. The van der Waals surface area contributed by atoms with Gasteiger partial charge >= 0.3 is 8.60 Å². The van der Waals surface area contributed by atoms with Crippen LogP contribution in [0.2, 0.25) is 0 Å². The standard InChI is InChI=1S/C31H57O3PS2/c1-9-11-13-15-17-19-23-36-27(4)32-35(33-28(5)37-24-20-18-16-14-12-10-2)34-30-22-21-26(3)25-29(30)31(6,7)8/h21-22,25,27-28H,9-20,23-24H2,1-8H3. The molecule has 0 amide bonds. The summed E-state index contributed by atoms with van der Waals surface area (Å²) in [5.74, 6) is 3.12. The van der Waals surface area contributed by atoms with Gasteiger partial charge in [0, 0.05) is 5.56 Å². The van der Waals surface area contributed by atoms with Crippen molar-refractivity contribution in [2.45, 2.75) is 149 Å². The quantitative estimate of drug-likeness (QED) is 0.0782. The molecule has 216 valence electrons. The molecule has 0 aliphatic heterocycles. The molecule has 2 atom stereocenters. The highest BCUT2D eigenvalue weighted by Gasteiger charge is 2.26. The fraction of sp³-hybridized carbons (Fsp3) is 0.806. The molecule has 0 N–H and O–H groups in total. The Hall–Kier alpha value is 0.0700. The van der Waals surface area contributed by atoms with E-state index < -0.39 is 8.60 Å². The molecule has 1 rings (SSSR count). The van der Waals surface area contributed by atoms with E-state index in [1.807, 2.05) is 23.5 Å². The van der Waals surface area contributed by atoms with Crippen LogP contribution in [-0.4, -0.2) is 22.4 Å². The van der Waals surface area contributed by atoms with Crippen molar-refractivity contribution >= 4 is 32.1 Å². The van der Waals surface area contributed by atoms with E-state index in [2.05, 4.69) is 73.6 Å². The van der Waals surface area contributed by atoms with E-state index in [0.29, 0.717) is 0 Å². The first kappa shape index (κ1) is 35.1. The van der Waals surface area contributed by atoms with E-state index in [0.717, 1.165) is 17.3 Å². The average molecular weight is 573 g/mol. The van der Waals surface area contributed by atoms with E-state index in [4.69, 9.17) is 13.6 Å². The first-order valence-electron chi connectivity index (χ1n) is 14.8. The SMILES string of the molecule is CCCCCCCCSC(C)OP(Oc1ccc(C)cc1C(C)(C)C)OC(C)SCCCCCCCC. The van der Waals surface area contributed by atoms with Crippen molar-refractivity contribution in [2.75, 3.05) is 11.5 Å². The van der Waals surface area contributed by atoms with Crippen molar-refractivity contribution in [3.8, 4) is 5.75 Å². The smallest absolute Gasteiger partial charge is 0.399 e.